The molecule has 3 heteroatoms. The van der Waals surface area contributed by atoms with E-state index >= 15 is 0 Å². The molecule has 0 saturated carbocycles. The molecule has 1 aliphatic carbocycles. The topological polar surface area (TPSA) is 33.1 Å². The van der Waals surface area contributed by atoms with Crippen molar-refractivity contribution < 1.29 is 5.11 Å². The van der Waals surface area contributed by atoms with E-state index in [1.807, 2.05) is 19.1 Å². The molecule has 0 aliphatic heterocycles. The van der Waals surface area contributed by atoms with E-state index in [4.69, 9.17) is 0 Å². The molecule has 1 aliphatic rings. The van der Waals surface area contributed by atoms with Gasteiger partial charge in [-0.3, -0.25) is 0 Å². The minimum Gasteiger partial charge on any atom is -0.389 e. The Kier molecular flexibility index (Phi) is 2.53. The van der Waals surface area contributed by atoms with Crippen LogP contribution in [0, 0.1) is 6.92 Å². The Balaban J connectivity index is 1.82. The number of hydrogen-bond acceptors (Lipinski definition) is 3. The summed E-state index contributed by atoms with van der Waals surface area (Å²) >= 11 is 1.65. The summed E-state index contributed by atoms with van der Waals surface area (Å²) in [5.41, 5.74) is 2.94. The van der Waals surface area contributed by atoms with Crippen LogP contribution in [0.4, 0.5) is 0 Å². The Morgan fingerprint density at radius 3 is 2.47 bits per heavy atom. The molecule has 2 aromatic rings. The molecule has 1 aromatic heterocycles. The zero-order valence-electron chi connectivity index (χ0n) is 9.81. The molecular weight excluding hydrogens is 230 g/mol. The van der Waals surface area contributed by atoms with Crippen molar-refractivity contribution in [2.45, 2.75) is 31.8 Å². The first kappa shape index (κ1) is 10.9. The maximum Gasteiger partial charge on any atom is 0.0897 e. The quantitative estimate of drug-likeness (QED) is 0.882. The summed E-state index contributed by atoms with van der Waals surface area (Å²) in [5.74, 6) is 0. The highest BCUT2D eigenvalue weighted by atomic mass is 32.1. The molecule has 1 N–H and O–H groups in total. The summed E-state index contributed by atoms with van der Waals surface area (Å²) in [4.78, 5) is 4.44. The Labute approximate surface area is 105 Å². The number of benzene rings is 1. The number of hydrogen-bond donors (Lipinski definition) is 1. The number of aliphatic hydroxyl groups is 1. The zero-order chi connectivity index (χ0) is 11.9. The van der Waals surface area contributed by atoms with Crippen molar-refractivity contribution in [3.8, 4) is 0 Å². The third-order valence-electron chi connectivity index (χ3n) is 3.33. The first-order valence-corrected chi connectivity index (χ1v) is 6.73. The van der Waals surface area contributed by atoms with Gasteiger partial charge in [-0.15, -0.1) is 11.3 Å². The fraction of sp³-hybridized carbons (Fsp3) is 0.357. The van der Waals surface area contributed by atoms with Gasteiger partial charge in [0.2, 0.25) is 0 Å². The lowest BCUT2D eigenvalue weighted by atomic mass is 9.95. The van der Waals surface area contributed by atoms with Crippen LogP contribution in [0.2, 0.25) is 0 Å². The van der Waals surface area contributed by atoms with Gasteiger partial charge in [-0.25, -0.2) is 4.98 Å². The third-order valence-corrected chi connectivity index (χ3v) is 4.16. The molecule has 1 heterocycles. The summed E-state index contributed by atoms with van der Waals surface area (Å²) in [5, 5.41) is 13.8. The molecule has 0 fully saturated rings. The molecular formula is C14H15NOS. The molecule has 1 aromatic carbocycles. The van der Waals surface area contributed by atoms with Crippen molar-refractivity contribution in [3.05, 3.63) is 51.5 Å². The van der Waals surface area contributed by atoms with Gasteiger partial charge in [0.15, 0.2) is 0 Å². The third kappa shape index (κ3) is 2.13. The fourth-order valence-corrected chi connectivity index (χ4v) is 3.24. The second kappa shape index (κ2) is 3.93. The minimum absolute atomic E-state index is 0.635. The van der Waals surface area contributed by atoms with Crippen molar-refractivity contribution in [1.29, 1.82) is 0 Å². The van der Waals surface area contributed by atoms with Crippen LogP contribution >= 0.6 is 11.3 Å². The van der Waals surface area contributed by atoms with Gasteiger partial charge in [0, 0.05) is 24.6 Å². The van der Waals surface area contributed by atoms with Gasteiger partial charge in [-0.05, 0) is 18.1 Å². The summed E-state index contributed by atoms with van der Waals surface area (Å²) in [6, 6.07) is 8.30. The molecule has 0 bridgehead atoms. The number of nitrogens with zero attached hydrogens (tertiary/aromatic N) is 1. The Morgan fingerprint density at radius 2 is 1.94 bits per heavy atom. The first-order chi connectivity index (χ1) is 8.15. The van der Waals surface area contributed by atoms with Crippen LogP contribution in [0.15, 0.2) is 29.6 Å². The smallest absolute Gasteiger partial charge is 0.0897 e. The van der Waals surface area contributed by atoms with Crippen LogP contribution in [-0.2, 0) is 19.3 Å². The molecule has 0 radical (unpaired) electrons. The molecule has 0 spiro atoms. The van der Waals surface area contributed by atoms with Crippen LogP contribution in [-0.4, -0.2) is 15.7 Å². The SMILES string of the molecule is Cc1nc(CC2(O)Cc3ccccc3C2)cs1. The maximum absolute atomic E-state index is 10.6. The Morgan fingerprint density at radius 1 is 1.29 bits per heavy atom. The molecule has 0 amide bonds. The van der Waals surface area contributed by atoms with E-state index in [0.717, 1.165) is 23.5 Å². The fourth-order valence-electron chi connectivity index (χ4n) is 2.63. The molecule has 0 atom stereocenters. The predicted molar refractivity (Wildman–Crippen MR) is 69.4 cm³/mol. The van der Waals surface area contributed by atoms with Crippen molar-refractivity contribution >= 4 is 11.3 Å². The van der Waals surface area contributed by atoms with Crippen molar-refractivity contribution in [2.24, 2.45) is 0 Å². The lowest BCUT2D eigenvalue weighted by Crippen LogP contribution is -2.32. The molecule has 17 heavy (non-hydrogen) atoms. The summed E-state index contributed by atoms with van der Waals surface area (Å²) in [7, 11) is 0. The van der Waals surface area contributed by atoms with E-state index in [9.17, 15) is 5.11 Å². The van der Waals surface area contributed by atoms with Crippen LogP contribution < -0.4 is 0 Å². The van der Waals surface area contributed by atoms with Gasteiger partial charge >= 0.3 is 0 Å². The largest absolute Gasteiger partial charge is 0.389 e. The molecule has 88 valence electrons. The molecule has 2 nitrogen and oxygen atoms in total. The molecule has 3 rings (SSSR count). The maximum atomic E-state index is 10.6. The van der Waals surface area contributed by atoms with E-state index in [1.54, 1.807) is 11.3 Å². The van der Waals surface area contributed by atoms with E-state index in [-0.39, 0.29) is 0 Å². The lowest BCUT2D eigenvalue weighted by Gasteiger charge is -2.20. The molecule has 0 saturated heterocycles. The monoisotopic (exact) mass is 245 g/mol. The number of thiazole rings is 1. The number of rotatable bonds is 2. The van der Waals surface area contributed by atoms with Crippen LogP contribution in [0.3, 0.4) is 0 Å². The van der Waals surface area contributed by atoms with E-state index < -0.39 is 5.60 Å². The minimum atomic E-state index is -0.635. The summed E-state index contributed by atoms with van der Waals surface area (Å²) < 4.78 is 0. The zero-order valence-corrected chi connectivity index (χ0v) is 10.6. The Hall–Kier alpha value is -1.19. The second-order valence-corrected chi connectivity index (χ2v) is 5.94. The van der Waals surface area contributed by atoms with Gasteiger partial charge < -0.3 is 5.11 Å². The lowest BCUT2D eigenvalue weighted by molar-refractivity contribution is 0.0509. The van der Waals surface area contributed by atoms with Crippen LogP contribution in [0.1, 0.15) is 21.8 Å². The van der Waals surface area contributed by atoms with Crippen molar-refractivity contribution in [1.82, 2.24) is 4.98 Å². The van der Waals surface area contributed by atoms with E-state index in [0.29, 0.717) is 6.42 Å². The predicted octanol–water partition coefficient (Wildman–Crippen LogP) is 2.52. The number of aromatic nitrogens is 1. The summed E-state index contributed by atoms with van der Waals surface area (Å²) in [6.07, 6.45) is 2.16. The Bertz CT molecular complexity index is 522. The van der Waals surface area contributed by atoms with Crippen molar-refractivity contribution in [2.75, 3.05) is 0 Å². The average Bonchev–Trinajstić information content (AvgIpc) is 2.81. The van der Waals surface area contributed by atoms with Gasteiger partial charge in [0.1, 0.15) is 0 Å². The van der Waals surface area contributed by atoms with Crippen molar-refractivity contribution in [3.63, 3.8) is 0 Å². The van der Waals surface area contributed by atoms with E-state index in [2.05, 4.69) is 22.5 Å². The number of aryl methyl sites for hydroxylation is 1. The van der Waals surface area contributed by atoms with Gasteiger partial charge in [0.25, 0.3) is 0 Å². The summed E-state index contributed by atoms with van der Waals surface area (Å²) in [6.45, 7) is 2.00. The average molecular weight is 245 g/mol. The van der Waals surface area contributed by atoms with Crippen LogP contribution in [0.5, 0.6) is 0 Å². The highest BCUT2D eigenvalue weighted by molar-refractivity contribution is 7.09. The highest BCUT2D eigenvalue weighted by Crippen LogP contribution is 2.32. The standard InChI is InChI=1S/C14H15NOS/c1-10-15-13(9-17-10)8-14(16)6-11-4-2-3-5-12(11)7-14/h2-5,9,16H,6-8H2,1H3. The normalized spacial score (nSPS) is 17.1. The second-order valence-electron chi connectivity index (χ2n) is 4.88. The van der Waals surface area contributed by atoms with Gasteiger partial charge in [0.05, 0.1) is 16.3 Å². The van der Waals surface area contributed by atoms with Gasteiger partial charge in [-0.2, -0.15) is 0 Å². The van der Waals surface area contributed by atoms with Crippen LogP contribution in [0.25, 0.3) is 0 Å². The van der Waals surface area contributed by atoms with Gasteiger partial charge in [-0.1, -0.05) is 24.3 Å². The highest BCUT2D eigenvalue weighted by Gasteiger charge is 2.35. The first-order valence-electron chi connectivity index (χ1n) is 5.85. The number of fused-ring (bicyclic) bond motifs is 1. The molecule has 0 unspecified atom stereocenters. The van der Waals surface area contributed by atoms with E-state index in [1.165, 1.54) is 11.1 Å².